The number of thiophene rings is 1. The fourth-order valence-corrected chi connectivity index (χ4v) is 4.47. The highest BCUT2D eigenvalue weighted by Crippen LogP contribution is 2.40. The van der Waals surface area contributed by atoms with Crippen LogP contribution in [0.25, 0.3) is 11.4 Å². The lowest BCUT2D eigenvalue weighted by Crippen LogP contribution is -2.38. The van der Waals surface area contributed by atoms with E-state index in [1.54, 1.807) is 12.4 Å². The Balaban J connectivity index is 1.44. The van der Waals surface area contributed by atoms with Crippen LogP contribution >= 0.6 is 11.3 Å². The summed E-state index contributed by atoms with van der Waals surface area (Å²) in [7, 11) is 0. The highest BCUT2D eigenvalue weighted by Gasteiger charge is 2.31. The molecule has 0 saturated heterocycles. The van der Waals surface area contributed by atoms with Crippen LogP contribution in [-0.2, 0) is 13.1 Å². The van der Waals surface area contributed by atoms with Gasteiger partial charge in [0, 0.05) is 36.4 Å². The molecule has 0 saturated carbocycles. The maximum Gasteiger partial charge on any atom is 0.268 e. The van der Waals surface area contributed by atoms with E-state index in [1.807, 2.05) is 29.3 Å². The van der Waals surface area contributed by atoms with Gasteiger partial charge in [-0.15, -0.1) is 11.3 Å². The number of amides is 1. The zero-order valence-corrected chi connectivity index (χ0v) is 15.7. The van der Waals surface area contributed by atoms with E-state index in [4.69, 9.17) is 14.5 Å². The summed E-state index contributed by atoms with van der Waals surface area (Å²) < 4.78 is 13.4. The molecule has 0 fully saturated rings. The molecule has 1 amide bonds. The maximum absolute atomic E-state index is 13.1. The molecule has 0 unspecified atom stereocenters. The molecule has 0 bridgehead atoms. The predicted molar refractivity (Wildman–Crippen MR) is 100 cm³/mol. The lowest BCUT2D eigenvalue weighted by molar-refractivity contribution is 0.0707. The van der Waals surface area contributed by atoms with Crippen LogP contribution in [0.4, 0.5) is 0 Å². The lowest BCUT2D eigenvalue weighted by Gasteiger charge is -2.29. The van der Waals surface area contributed by atoms with E-state index in [1.165, 1.54) is 11.3 Å². The van der Waals surface area contributed by atoms with Crippen molar-refractivity contribution in [2.24, 2.45) is 0 Å². The van der Waals surface area contributed by atoms with Gasteiger partial charge in [0.2, 0.25) is 0 Å². The Labute approximate surface area is 160 Å². The number of aryl methyl sites for hydroxylation is 1. The van der Waals surface area contributed by atoms with Gasteiger partial charge in [-0.2, -0.15) is 0 Å². The molecule has 3 aromatic heterocycles. The molecule has 5 rings (SSSR count). The Morgan fingerprint density at radius 3 is 2.85 bits per heavy atom. The first-order valence-electron chi connectivity index (χ1n) is 8.85. The average Bonchev–Trinajstić information content (AvgIpc) is 3.29. The van der Waals surface area contributed by atoms with E-state index in [-0.39, 0.29) is 5.91 Å². The summed E-state index contributed by atoms with van der Waals surface area (Å²) in [5.41, 5.74) is 3.06. The molecule has 0 N–H and O–H groups in total. The Morgan fingerprint density at radius 1 is 1.19 bits per heavy atom. The smallest absolute Gasteiger partial charge is 0.268 e. The summed E-state index contributed by atoms with van der Waals surface area (Å²) in [6.07, 6.45) is 3.54. The standard InChI is InChI=1S/C19H18N4O3S/c1-12-14-10-22(19(24)17-16-15(11-27-17)25-8-9-26-16)6-7-23(14)18(21-12)13-2-4-20-5-3-13/h2-5,11H,6-10H2,1H3. The van der Waals surface area contributed by atoms with Crippen LogP contribution in [0, 0.1) is 6.92 Å². The minimum Gasteiger partial charge on any atom is -0.485 e. The minimum atomic E-state index is -0.0101. The molecule has 0 aliphatic carbocycles. The van der Waals surface area contributed by atoms with Crippen LogP contribution in [0.15, 0.2) is 29.9 Å². The number of ether oxygens (including phenoxy) is 2. The molecule has 0 aromatic carbocycles. The normalized spacial score (nSPS) is 15.5. The molecule has 0 radical (unpaired) electrons. The zero-order valence-electron chi connectivity index (χ0n) is 14.8. The first-order valence-corrected chi connectivity index (χ1v) is 9.73. The molecule has 8 heteroatoms. The van der Waals surface area contributed by atoms with Crippen LogP contribution in [-0.4, -0.2) is 45.1 Å². The Hall–Kier alpha value is -2.87. The molecule has 2 aliphatic heterocycles. The van der Waals surface area contributed by atoms with Gasteiger partial charge in [-0.25, -0.2) is 4.98 Å². The van der Waals surface area contributed by atoms with Crippen molar-refractivity contribution in [3.8, 4) is 22.9 Å². The molecule has 0 atom stereocenters. The van der Waals surface area contributed by atoms with Crippen LogP contribution in [0.5, 0.6) is 11.5 Å². The van der Waals surface area contributed by atoms with Gasteiger partial charge < -0.3 is 18.9 Å². The topological polar surface area (TPSA) is 69.5 Å². The second kappa shape index (κ2) is 6.38. The first kappa shape index (κ1) is 16.3. The number of imidazole rings is 1. The van der Waals surface area contributed by atoms with Crippen molar-refractivity contribution in [2.45, 2.75) is 20.0 Å². The van der Waals surface area contributed by atoms with Crippen LogP contribution in [0.3, 0.4) is 0 Å². The van der Waals surface area contributed by atoms with E-state index < -0.39 is 0 Å². The molecule has 5 heterocycles. The van der Waals surface area contributed by atoms with Gasteiger partial charge in [-0.05, 0) is 19.1 Å². The molecule has 7 nitrogen and oxygen atoms in total. The van der Waals surface area contributed by atoms with Gasteiger partial charge in [0.05, 0.1) is 17.9 Å². The SMILES string of the molecule is Cc1nc(-c2ccncc2)n2c1CN(C(=O)c1scc3c1OCCO3)CC2. The monoisotopic (exact) mass is 382 g/mol. The number of rotatable bonds is 2. The first-order chi connectivity index (χ1) is 13.2. The van der Waals surface area contributed by atoms with Crippen LogP contribution in [0.2, 0.25) is 0 Å². The van der Waals surface area contributed by atoms with Crippen molar-refractivity contribution in [3.05, 3.63) is 46.2 Å². The fourth-order valence-electron chi connectivity index (χ4n) is 3.58. The van der Waals surface area contributed by atoms with Crippen LogP contribution < -0.4 is 9.47 Å². The molecular weight excluding hydrogens is 364 g/mol. The molecule has 27 heavy (non-hydrogen) atoms. The van der Waals surface area contributed by atoms with E-state index in [0.717, 1.165) is 22.8 Å². The van der Waals surface area contributed by atoms with Gasteiger partial charge in [0.1, 0.15) is 23.9 Å². The summed E-state index contributed by atoms with van der Waals surface area (Å²) in [6, 6.07) is 3.92. The van der Waals surface area contributed by atoms with Gasteiger partial charge in [0.25, 0.3) is 5.91 Å². The summed E-state index contributed by atoms with van der Waals surface area (Å²) in [5.74, 6) is 2.18. The number of pyridine rings is 1. The second-order valence-corrected chi connectivity index (χ2v) is 7.42. The second-order valence-electron chi connectivity index (χ2n) is 6.54. The van der Waals surface area contributed by atoms with Crippen molar-refractivity contribution in [3.63, 3.8) is 0 Å². The van der Waals surface area contributed by atoms with Gasteiger partial charge >= 0.3 is 0 Å². The summed E-state index contributed by atoms with van der Waals surface area (Å²) in [5, 5.41) is 1.85. The summed E-state index contributed by atoms with van der Waals surface area (Å²) >= 11 is 1.38. The molecule has 3 aromatic rings. The fraction of sp³-hybridized carbons (Fsp3) is 0.316. The average molecular weight is 382 g/mol. The van der Waals surface area contributed by atoms with E-state index in [9.17, 15) is 4.79 Å². The zero-order chi connectivity index (χ0) is 18.4. The van der Waals surface area contributed by atoms with Gasteiger partial charge in [0.15, 0.2) is 11.5 Å². The van der Waals surface area contributed by atoms with E-state index in [0.29, 0.717) is 49.2 Å². The van der Waals surface area contributed by atoms with Crippen LogP contribution in [0.1, 0.15) is 21.1 Å². The molecular formula is C19H18N4O3S. The Kier molecular flexibility index (Phi) is 3.86. The molecule has 138 valence electrons. The van der Waals surface area contributed by atoms with Gasteiger partial charge in [-0.3, -0.25) is 9.78 Å². The summed E-state index contributed by atoms with van der Waals surface area (Å²) in [4.78, 5) is 24.4. The summed E-state index contributed by atoms with van der Waals surface area (Å²) in [6.45, 7) is 4.88. The van der Waals surface area contributed by atoms with E-state index >= 15 is 0 Å². The number of hydrogen-bond acceptors (Lipinski definition) is 6. The van der Waals surface area contributed by atoms with E-state index in [2.05, 4.69) is 9.55 Å². The largest absolute Gasteiger partial charge is 0.485 e. The third-order valence-corrected chi connectivity index (χ3v) is 5.86. The molecule has 2 aliphatic rings. The molecule has 0 spiro atoms. The van der Waals surface area contributed by atoms with Crippen molar-refractivity contribution in [1.29, 1.82) is 0 Å². The third-order valence-electron chi connectivity index (χ3n) is 4.93. The number of carbonyl (C=O) groups excluding carboxylic acids is 1. The third kappa shape index (κ3) is 2.68. The highest BCUT2D eigenvalue weighted by molar-refractivity contribution is 7.12. The van der Waals surface area contributed by atoms with Crippen molar-refractivity contribution < 1.29 is 14.3 Å². The van der Waals surface area contributed by atoms with Crippen molar-refractivity contribution in [2.75, 3.05) is 19.8 Å². The maximum atomic E-state index is 13.1. The Bertz CT molecular complexity index is 1010. The number of aromatic nitrogens is 3. The number of fused-ring (bicyclic) bond motifs is 2. The minimum absolute atomic E-state index is 0.0101. The van der Waals surface area contributed by atoms with Crippen molar-refractivity contribution in [1.82, 2.24) is 19.4 Å². The quantitative estimate of drug-likeness (QED) is 0.682. The number of carbonyl (C=O) groups is 1. The predicted octanol–water partition coefficient (Wildman–Crippen LogP) is 2.74. The highest BCUT2D eigenvalue weighted by atomic mass is 32.1. The Morgan fingerprint density at radius 2 is 2.00 bits per heavy atom. The number of nitrogens with zero attached hydrogens (tertiary/aromatic N) is 4. The van der Waals surface area contributed by atoms with Gasteiger partial charge in [-0.1, -0.05) is 0 Å². The van der Waals surface area contributed by atoms with Crippen molar-refractivity contribution >= 4 is 17.2 Å². The number of hydrogen-bond donors (Lipinski definition) is 0. The lowest BCUT2D eigenvalue weighted by atomic mass is 10.2.